The van der Waals surface area contributed by atoms with Crippen LogP contribution >= 0.6 is 7.92 Å². The summed E-state index contributed by atoms with van der Waals surface area (Å²) >= 11 is 0. The van der Waals surface area contributed by atoms with Crippen molar-refractivity contribution in [2.75, 3.05) is 28.4 Å². The van der Waals surface area contributed by atoms with Crippen molar-refractivity contribution in [2.45, 2.75) is 26.2 Å². The largest absolute Gasteiger partial charge is 0.632 e. The van der Waals surface area contributed by atoms with Gasteiger partial charge < -0.3 is 42.7 Å². The summed E-state index contributed by atoms with van der Waals surface area (Å²) in [4.78, 5) is 0. The predicted molar refractivity (Wildman–Crippen MR) is 251 cm³/mol. The molecule has 0 aliphatic rings. The number of hydrogen-bond donors (Lipinski definition) is 1. The molecule has 0 aromatic heterocycles. The lowest BCUT2D eigenvalue weighted by Crippen LogP contribution is -2.44. The average Bonchev–Trinajstić information content (AvgIpc) is 3.30. The first-order valence-electron chi connectivity index (χ1n) is 20.1. The van der Waals surface area contributed by atoms with Crippen LogP contribution in [0.25, 0.3) is 0 Å². The first-order valence-corrected chi connectivity index (χ1v) is 21.5. The van der Waals surface area contributed by atoms with Crippen LogP contribution in [0.4, 0.5) is 0 Å². The van der Waals surface area contributed by atoms with Gasteiger partial charge in [0.2, 0.25) is 0 Å². The summed E-state index contributed by atoms with van der Waals surface area (Å²) in [6, 6.07) is 51.3. The lowest BCUT2D eigenvalue weighted by molar-refractivity contribution is 0.398. The van der Waals surface area contributed by atoms with Gasteiger partial charge in [0.15, 0.2) is 0 Å². The summed E-state index contributed by atoms with van der Waals surface area (Å²) in [5.74, 6) is 4.46. The molecule has 0 fully saturated rings. The van der Waals surface area contributed by atoms with E-state index in [1.165, 1.54) is 0 Å². The van der Waals surface area contributed by atoms with Gasteiger partial charge in [0.05, 0.1) is 39.0 Å². The Morgan fingerprint density at radius 2 is 0.726 bits per heavy atom. The maximum Gasteiger partial charge on any atom is 0.632 e. The van der Waals surface area contributed by atoms with E-state index in [1.54, 1.807) is 28.4 Å². The van der Waals surface area contributed by atoms with Crippen LogP contribution in [0.2, 0.25) is 0 Å². The van der Waals surface area contributed by atoms with E-state index < -0.39 is 27.6 Å². The molecular formula is C50H49B2O9P. The van der Waals surface area contributed by atoms with E-state index in [1.807, 2.05) is 164 Å². The van der Waals surface area contributed by atoms with Crippen LogP contribution < -0.4 is 64.4 Å². The Morgan fingerprint density at radius 1 is 0.419 bits per heavy atom. The fourth-order valence-electron chi connectivity index (χ4n) is 7.02. The Labute approximate surface area is 366 Å². The second kappa shape index (κ2) is 19.8. The van der Waals surface area contributed by atoms with Gasteiger partial charge in [-0.25, -0.2) is 0 Å². The van der Waals surface area contributed by atoms with Crippen molar-refractivity contribution in [1.82, 2.24) is 0 Å². The fraction of sp³-hybridized carbons (Fsp3) is 0.160. The molecule has 0 aliphatic carbocycles. The molecule has 7 rings (SSSR count). The van der Waals surface area contributed by atoms with Crippen molar-refractivity contribution >= 4 is 49.0 Å². The van der Waals surface area contributed by atoms with E-state index in [-0.39, 0.29) is 5.75 Å². The zero-order valence-electron chi connectivity index (χ0n) is 35.9. The zero-order valence-corrected chi connectivity index (χ0v) is 36.8. The molecule has 0 atom stereocenters. The number of rotatable bonds is 17. The second-order valence-electron chi connectivity index (χ2n) is 15.2. The number of para-hydroxylation sites is 5. The Morgan fingerprint density at radius 3 is 1.00 bits per heavy atom. The van der Waals surface area contributed by atoms with Crippen LogP contribution in [-0.4, -0.2) is 47.8 Å². The van der Waals surface area contributed by atoms with E-state index in [2.05, 4.69) is 20.8 Å². The Hall–Kier alpha value is -6.70. The number of ether oxygens (including phenoxy) is 4. The molecular weight excluding hydrogens is 797 g/mol. The van der Waals surface area contributed by atoms with Gasteiger partial charge in [-0.05, 0) is 83.8 Å². The molecule has 1 N–H and O–H groups in total. The maximum atomic E-state index is 12.4. The van der Waals surface area contributed by atoms with Crippen molar-refractivity contribution in [3.63, 3.8) is 0 Å². The number of aromatic hydroxyl groups is 1. The number of hydrogen-bond acceptors (Lipinski definition) is 9. The zero-order chi connectivity index (χ0) is 43.6. The predicted octanol–water partition coefficient (Wildman–Crippen LogP) is 8.19. The van der Waals surface area contributed by atoms with Gasteiger partial charge >= 0.3 is 14.2 Å². The molecule has 0 saturated heterocycles. The SMILES string of the molecule is COc1cc(B(Oc2ccccc2)Oc2ccccc2)cc(OC)c1P(c1cccc(C(C)(C)C)c1O)c1c(OC)cc(B(Oc2ccccc2)Oc2ccccc2)cc1OC. The molecule has 12 heteroatoms. The third kappa shape index (κ3) is 9.91. The third-order valence-corrected chi connectivity index (χ3v) is 12.6. The topological polar surface area (TPSA) is 94.1 Å². The van der Waals surface area contributed by atoms with Crippen LogP contribution in [0.3, 0.4) is 0 Å². The van der Waals surface area contributed by atoms with Crippen LogP contribution in [0, 0.1) is 0 Å². The molecule has 7 aromatic carbocycles. The van der Waals surface area contributed by atoms with Crippen molar-refractivity contribution in [3.05, 3.63) is 169 Å². The average molecular weight is 847 g/mol. The molecule has 314 valence electrons. The number of phenols is 1. The second-order valence-corrected chi connectivity index (χ2v) is 17.2. The molecule has 0 saturated carbocycles. The molecule has 0 radical (unpaired) electrons. The van der Waals surface area contributed by atoms with E-state index in [9.17, 15) is 5.11 Å². The quantitative estimate of drug-likeness (QED) is 0.0720. The molecule has 0 bridgehead atoms. The van der Waals surface area contributed by atoms with Crippen LogP contribution in [0.15, 0.2) is 164 Å². The highest BCUT2D eigenvalue weighted by Crippen LogP contribution is 2.48. The van der Waals surface area contributed by atoms with Crippen molar-refractivity contribution in [1.29, 1.82) is 0 Å². The standard InChI is InChI=1S/C50H49B2O9P/c1-50(2,3)41-29-20-30-46(47(41)53)62(48-42(54-4)31-35(32-43(48)55-5)51(58-37-21-12-8-13-22-37)59-38-23-14-9-15-24-38)49-44(56-6)33-36(34-45(49)57-7)52(60-39-25-16-10-17-26-39)61-40-27-18-11-19-28-40/h8-34,53H,1-7H3. The monoisotopic (exact) mass is 846 g/mol. The van der Waals surface area contributed by atoms with Crippen LogP contribution in [0.1, 0.15) is 26.3 Å². The maximum absolute atomic E-state index is 12.4. The van der Waals surface area contributed by atoms with Crippen molar-refractivity contribution in [3.8, 4) is 51.7 Å². The van der Waals surface area contributed by atoms with E-state index in [4.69, 9.17) is 37.6 Å². The molecule has 0 spiro atoms. The minimum atomic E-state index is -1.81. The summed E-state index contributed by atoms with van der Waals surface area (Å²) in [5.41, 5.74) is 1.63. The molecule has 9 nitrogen and oxygen atoms in total. The lowest BCUT2D eigenvalue weighted by atomic mass is 9.78. The summed E-state index contributed by atoms with van der Waals surface area (Å²) < 4.78 is 51.2. The highest BCUT2D eigenvalue weighted by molar-refractivity contribution is 7.80. The molecule has 62 heavy (non-hydrogen) atoms. The molecule has 0 heterocycles. The Bertz CT molecular complexity index is 2260. The summed E-state index contributed by atoms with van der Waals surface area (Å²) in [7, 11) is 2.81. The van der Waals surface area contributed by atoms with Gasteiger partial charge in [0.1, 0.15) is 51.7 Å². The van der Waals surface area contributed by atoms with Gasteiger partial charge in [0, 0.05) is 24.2 Å². The van der Waals surface area contributed by atoms with Gasteiger partial charge in [-0.3, -0.25) is 0 Å². The highest BCUT2D eigenvalue weighted by Gasteiger charge is 2.38. The molecule has 0 unspecified atom stereocenters. The third-order valence-electron chi connectivity index (χ3n) is 10.0. The van der Waals surface area contributed by atoms with Crippen molar-refractivity contribution in [2.24, 2.45) is 0 Å². The van der Waals surface area contributed by atoms with Crippen LogP contribution in [0.5, 0.6) is 51.7 Å². The van der Waals surface area contributed by atoms with E-state index in [0.29, 0.717) is 72.8 Å². The highest BCUT2D eigenvalue weighted by atomic mass is 31.1. The molecule has 0 aliphatic heterocycles. The summed E-state index contributed by atoms with van der Waals surface area (Å²) in [5, 5.41) is 14.3. The van der Waals surface area contributed by atoms with Gasteiger partial charge in [0.25, 0.3) is 0 Å². The molecule has 7 aromatic rings. The fourth-order valence-corrected chi connectivity index (χ4v) is 9.80. The van der Waals surface area contributed by atoms with Gasteiger partial charge in [-0.1, -0.05) is 112 Å². The number of methoxy groups -OCH3 is 4. The number of phenolic OH excluding ortho intramolecular Hbond substituents is 1. The molecule has 0 amide bonds. The lowest BCUT2D eigenvalue weighted by Gasteiger charge is -2.30. The minimum absolute atomic E-state index is 0.142. The Balaban J connectivity index is 1.45. The summed E-state index contributed by atoms with van der Waals surface area (Å²) in [6.07, 6.45) is 0. The van der Waals surface area contributed by atoms with E-state index >= 15 is 0 Å². The van der Waals surface area contributed by atoms with E-state index in [0.717, 1.165) is 5.56 Å². The first kappa shape index (κ1) is 43.4. The van der Waals surface area contributed by atoms with Gasteiger partial charge in [-0.15, -0.1) is 0 Å². The normalized spacial score (nSPS) is 11.0. The van der Waals surface area contributed by atoms with Crippen molar-refractivity contribution < 1.29 is 42.7 Å². The summed E-state index contributed by atoms with van der Waals surface area (Å²) in [6.45, 7) is 6.21. The first-order chi connectivity index (χ1) is 30.1. The Kier molecular flexibility index (Phi) is 13.8. The number of benzene rings is 7. The van der Waals surface area contributed by atoms with Crippen LogP contribution in [-0.2, 0) is 5.41 Å². The minimum Gasteiger partial charge on any atom is -0.522 e. The van der Waals surface area contributed by atoms with Gasteiger partial charge in [-0.2, -0.15) is 0 Å². The smallest absolute Gasteiger partial charge is 0.522 e.